The fraction of sp³-hybridized carbons (Fsp3) is 0.952. The van der Waals surface area contributed by atoms with E-state index in [1.54, 1.807) is 0 Å². The molecule has 0 bridgehead atoms. The SMILES string of the molecule is CC1CCC2C3CCC4CC(=O)CCC4(C)C3CCC2(C)C1O. The molecule has 0 aliphatic heterocycles. The lowest BCUT2D eigenvalue weighted by Crippen LogP contribution is -2.58. The third-order valence-corrected chi connectivity index (χ3v) is 9.07. The number of carbonyl (C=O) groups excluding carboxylic acids is 1. The predicted octanol–water partition coefficient (Wildman–Crippen LogP) is 4.60. The van der Waals surface area contributed by atoms with Crippen LogP contribution < -0.4 is 0 Å². The summed E-state index contributed by atoms with van der Waals surface area (Å²) in [7, 11) is 0. The van der Waals surface area contributed by atoms with Crippen LogP contribution in [0.4, 0.5) is 0 Å². The second-order valence-electron chi connectivity index (χ2n) is 9.94. The molecule has 0 aromatic rings. The summed E-state index contributed by atoms with van der Waals surface area (Å²) in [6.07, 6.45) is 10.2. The average molecular weight is 319 g/mol. The van der Waals surface area contributed by atoms with E-state index in [4.69, 9.17) is 0 Å². The third kappa shape index (κ3) is 2.19. The van der Waals surface area contributed by atoms with Crippen molar-refractivity contribution >= 4 is 5.78 Å². The highest BCUT2D eigenvalue weighted by Crippen LogP contribution is 2.65. The van der Waals surface area contributed by atoms with Gasteiger partial charge in [-0.3, -0.25) is 4.79 Å². The van der Waals surface area contributed by atoms with Gasteiger partial charge in [0.05, 0.1) is 6.10 Å². The lowest BCUT2D eigenvalue weighted by Gasteiger charge is -2.63. The zero-order chi connectivity index (χ0) is 16.4. The summed E-state index contributed by atoms with van der Waals surface area (Å²) in [5.41, 5.74) is 0.540. The molecule has 0 radical (unpaired) electrons. The van der Waals surface area contributed by atoms with Gasteiger partial charge in [0.2, 0.25) is 0 Å². The first-order chi connectivity index (χ1) is 10.9. The maximum absolute atomic E-state index is 11.9. The number of rotatable bonds is 0. The Morgan fingerprint density at radius 3 is 2.48 bits per heavy atom. The van der Waals surface area contributed by atoms with Crippen LogP contribution in [-0.2, 0) is 4.79 Å². The van der Waals surface area contributed by atoms with Crippen molar-refractivity contribution in [2.75, 3.05) is 0 Å². The topological polar surface area (TPSA) is 37.3 Å². The van der Waals surface area contributed by atoms with Gasteiger partial charge < -0.3 is 5.11 Å². The molecular formula is C21H34O2. The molecule has 4 saturated carbocycles. The molecule has 2 nitrogen and oxygen atoms in total. The van der Waals surface area contributed by atoms with Crippen molar-refractivity contribution in [1.29, 1.82) is 0 Å². The van der Waals surface area contributed by atoms with Gasteiger partial charge in [0, 0.05) is 12.8 Å². The maximum atomic E-state index is 11.9. The van der Waals surface area contributed by atoms with Crippen LogP contribution in [0.1, 0.15) is 78.6 Å². The lowest BCUT2D eigenvalue weighted by molar-refractivity contribution is -0.173. The van der Waals surface area contributed by atoms with E-state index in [0.717, 1.165) is 31.1 Å². The van der Waals surface area contributed by atoms with Gasteiger partial charge in [-0.2, -0.15) is 0 Å². The normalized spacial score (nSPS) is 56.4. The standard InChI is InChI=1S/C21H34O2/c1-13-4-7-17-16-6-5-14-12-15(22)8-10-20(14,2)18(16)9-11-21(17,3)19(13)23/h13-14,16-19,23H,4-12H2,1-3H3. The molecule has 0 aromatic carbocycles. The average Bonchev–Trinajstić information content (AvgIpc) is 2.52. The first-order valence-corrected chi connectivity index (χ1v) is 10.1. The van der Waals surface area contributed by atoms with E-state index in [1.165, 1.54) is 38.5 Å². The van der Waals surface area contributed by atoms with Crippen LogP contribution >= 0.6 is 0 Å². The molecule has 23 heavy (non-hydrogen) atoms. The van der Waals surface area contributed by atoms with E-state index < -0.39 is 0 Å². The number of hydrogen-bond acceptors (Lipinski definition) is 2. The number of aliphatic hydroxyl groups excluding tert-OH is 1. The molecule has 0 amide bonds. The van der Waals surface area contributed by atoms with Crippen molar-refractivity contribution in [3.8, 4) is 0 Å². The largest absolute Gasteiger partial charge is 0.392 e. The first kappa shape index (κ1) is 16.1. The van der Waals surface area contributed by atoms with Crippen LogP contribution in [0.5, 0.6) is 0 Å². The fourth-order valence-electron chi connectivity index (χ4n) is 7.55. The Morgan fingerprint density at radius 2 is 1.70 bits per heavy atom. The number of fused-ring (bicyclic) bond motifs is 5. The van der Waals surface area contributed by atoms with Crippen LogP contribution in [-0.4, -0.2) is 17.0 Å². The van der Waals surface area contributed by atoms with Gasteiger partial charge >= 0.3 is 0 Å². The molecule has 4 aliphatic rings. The highest BCUT2D eigenvalue weighted by atomic mass is 16.3. The highest BCUT2D eigenvalue weighted by molar-refractivity contribution is 5.79. The zero-order valence-corrected chi connectivity index (χ0v) is 15.2. The maximum Gasteiger partial charge on any atom is 0.133 e. The Balaban J connectivity index is 1.63. The van der Waals surface area contributed by atoms with Crippen molar-refractivity contribution < 1.29 is 9.90 Å². The van der Waals surface area contributed by atoms with Gasteiger partial charge in [0.25, 0.3) is 0 Å². The second-order valence-corrected chi connectivity index (χ2v) is 9.94. The summed E-state index contributed by atoms with van der Waals surface area (Å²) >= 11 is 0. The van der Waals surface area contributed by atoms with Crippen LogP contribution in [0, 0.1) is 40.4 Å². The monoisotopic (exact) mass is 318 g/mol. The molecule has 8 atom stereocenters. The molecule has 1 N–H and O–H groups in total. The summed E-state index contributed by atoms with van der Waals surface area (Å²) in [4.78, 5) is 11.9. The molecule has 0 aromatic heterocycles. The second kappa shape index (κ2) is 5.31. The molecular weight excluding hydrogens is 284 g/mol. The van der Waals surface area contributed by atoms with Gasteiger partial charge in [0.1, 0.15) is 5.78 Å². The Kier molecular flexibility index (Phi) is 3.72. The third-order valence-electron chi connectivity index (χ3n) is 9.07. The van der Waals surface area contributed by atoms with E-state index >= 15 is 0 Å². The predicted molar refractivity (Wildman–Crippen MR) is 91.9 cm³/mol. The summed E-state index contributed by atoms with van der Waals surface area (Å²) < 4.78 is 0. The molecule has 2 heteroatoms. The van der Waals surface area contributed by atoms with E-state index in [1.807, 2.05) is 0 Å². The van der Waals surface area contributed by atoms with E-state index in [-0.39, 0.29) is 11.5 Å². The quantitative estimate of drug-likeness (QED) is 0.709. The van der Waals surface area contributed by atoms with Crippen molar-refractivity contribution in [1.82, 2.24) is 0 Å². The van der Waals surface area contributed by atoms with Gasteiger partial charge in [-0.05, 0) is 85.4 Å². The zero-order valence-electron chi connectivity index (χ0n) is 15.2. The summed E-state index contributed by atoms with van der Waals surface area (Å²) in [5.74, 6) is 3.92. The molecule has 0 heterocycles. The molecule has 8 unspecified atom stereocenters. The van der Waals surface area contributed by atoms with Crippen molar-refractivity contribution in [2.24, 2.45) is 40.4 Å². The Bertz CT molecular complexity index is 500. The minimum absolute atomic E-state index is 0.110. The van der Waals surface area contributed by atoms with Crippen LogP contribution in [0.2, 0.25) is 0 Å². The van der Waals surface area contributed by atoms with Gasteiger partial charge in [-0.15, -0.1) is 0 Å². The molecule has 4 fully saturated rings. The number of aliphatic hydroxyl groups is 1. The minimum Gasteiger partial charge on any atom is -0.392 e. The van der Waals surface area contributed by atoms with Gasteiger partial charge in [0.15, 0.2) is 0 Å². The fourth-order valence-corrected chi connectivity index (χ4v) is 7.55. The van der Waals surface area contributed by atoms with Crippen LogP contribution in [0.3, 0.4) is 0 Å². The Labute approximate surface area is 141 Å². The molecule has 4 aliphatic carbocycles. The number of hydrogen-bond donors (Lipinski definition) is 1. The number of ketones is 1. The molecule has 4 rings (SSSR count). The lowest BCUT2D eigenvalue weighted by atomic mass is 9.42. The van der Waals surface area contributed by atoms with Crippen molar-refractivity contribution in [3.63, 3.8) is 0 Å². The Hall–Kier alpha value is -0.370. The van der Waals surface area contributed by atoms with Gasteiger partial charge in [-0.1, -0.05) is 20.8 Å². The number of Topliss-reactive ketones (excluding diaryl/α,β-unsaturated/α-hetero) is 1. The minimum atomic E-state index is -0.110. The van der Waals surface area contributed by atoms with Crippen molar-refractivity contribution in [3.05, 3.63) is 0 Å². The van der Waals surface area contributed by atoms with Crippen LogP contribution in [0.15, 0.2) is 0 Å². The summed E-state index contributed by atoms with van der Waals surface area (Å²) in [6.45, 7) is 7.13. The van der Waals surface area contributed by atoms with E-state index in [2.05, 4.69) is 20.8 Å². The smallest absolute Gasteiger partial charge is 0.133 e. The van der Waals surface area contributed by atoms with Crippen LogP contribution in [0.25, 0.3) is 0 Å². The van der Waals surface area contributed by atoms with Gasteiger partial charge in [-0.25, -0.2) is 0 Å². The molecule has 0 saturated heterocycles. The molecule has 0 spiro atoms. The van der Waals surface area contributed by atoms with E-state index in [0.29, 0.717) is 29.0 Å². The Morgan fingerprint density at radius 1 is 0.957 bits per heavy atom. The molecule has 130 valence electrons. The summed E-state index contributed by atoms with van der Waals surface area (Å²) in [6, 6.07) is 0. The highest BCUT2D eigenvalue weighted by Gasteiger charge is 2.59. The number of carbonyl (C=O) groups is 1. The first-order valence-electron chi connectivity index (χ1n) is 10.1. The van der Waals surface area contributed by atoms with E-state index in [9.17, 15) is 9.90 Å². The summed E-state index contributed by atoms with van der Waals surface area (Å²) in [5, 5.41) is 10.9. The van der Waals surface area contributed by atoms with Crippen molar-refractivity contribution in [2.45, 2.75) is 84.7 Å².